The molecule has 0 spiro atoms. The first-order valence-electron chi connectivity index (χ1n) is 7.82. The number of benzene rings is 1. The predicted molar refractivity (Wildman–Crippen MR) is 87.3 cm³/mol. The number of para-hydroxylation sites is 1. The molecular formula is C18H21NO5. The highest BCUT2D eigenvalue weighted by Gasteiger charge is 2.17. The molecule has 0 unspecified atom stereocenters. The van der Waals surface area contributed by atoms with Crippen molar-refractivity contribution in [3.63, 3.8) is 0 Å². The van der Waals surface area contributed by atoms with E-state index in [9.17, 15) is 9.59 Å². The topological polar surface area (TPSA) is 69.0 Å². The smallest absolute Gasteiger partial charge is 0.307 e. The van der Waals surface area contributed by atoms with Gasteiger partial charge < -0.3 is 18.8 Å². The highest BCUT2D eigenvalue weighted by atomic mass is 16.5. The Morgan fingerprint density at radius 3 is 2.58 bits per heavy atom. The van der Waals surface area contributed by atoms with Gasteiger partial charge in [0, 0.05) is 6.54 Å². The second-order valence-electron chi connectivity index (χ2n) is 5.05. The van der Waals surface area contributed by atoms with E-state index in [2.05, 4.69) is 0 Å². The average molecular weight is 331 g/mol. The number of furan rings is 1. The Hall–Kier alpha value is -2.76. The molecule has 0 aliphatic heterocycles. The van der Waals surface area contributed by atoms with Crippen LogP contribution in [-0.2, 0) is 20.9 Å². The van der Waals surface area contributed by atoms with E-state index in [4.69, 9.17) is 13.9 Å². The number of hydrogen-bond acceptors (Lipinski definition) is 5. The molecular weight excluding hydrogens is 310 g/mol. The Balaban J connectivity index is 1.92. The Labute approximate surface area is 141 Å². The SMILES string of the molecule is CCOC(=O)CCN(Cc1ccco1)C(=O)COc1ccccc1. The van der Waals surface area contributed by atoms with Crippen LogP contribution in [0.4, 0.5) is 0 Å². The highest BCUT2D eigenvalue weighted by Crippen LogP contribution is 2.10. The van der Waals surface area contributed by atoms with Crippen LogP contribution < -0.4 is 4.74 Å². The van der Waals surface area contributed by atoms with Crippen molar-refractivity contribution >= 4 is 11.9 Å². The van der Waals surface area contributed by atoms with Gasteiger partial charge in [-0.15, -0.1) is 0 Å². The molecule has 6 heteroatoms. The molecule has 24 heavy (non-hydrogen) atoms. The largest absolute Gasteiger partial charge is 0.484 e. The van der Waals surface area contributed by atoms with Crippen LogP contribution >= 0.6 is 0 Å². The summed E-state index contributed by atoms with van der Waals surface area (Å²) in [6.07, 6.45) is 1.68. The number of nitrogens with zero attached hydrogens (tertiary/aromatic N) is 1. The van der Waals surface area contributed by atoms with Crippen LogP contribution in [0.5, 0.6) is 5.75 Å². The van der Waals surface area contributed by atoms with Gasteiger partial charge in [-0.05, 0) is 31.2 Å². The zero-order valence-electron chi connectivity index (χ0n) is 13.6. The number of esters is 1. The minimum Gasteiger partial charge on any atom is -0.484 e. The standard InChI is InChI=1S/C18H21NO5/c1-2-22-18(21)10-11-19(13-16-9-6-12-23-16)17(20)14-24-15-7-4-3-5-8-15/h3-9,12H,2,10-11,13-14H2,1H3. The second kappa shape index (κ2) is 9.39. The van der Waals surface area contributed by atoms with E-state index >= 15 is 0 Å². The summed E-state index contributed by atoms with van der Waals surface area (Å²) in [5.74, 6) is 0.708. The number of amides is 1. The molecule has 2 aromatic rings. The molecule has 0 aliphatic rings. The highest BCUT2D eigenvalue weighted by molar-refractivity contribution is 5.78. The van der Waals surface area contributed by atoms with Crippen molar-refractivity contribution in [2.75, 3.05) is 19.8 Å². The van der Waals surface area contributed by atoms with Gasteiger partial charge in [0.15, 0.2) is 6.61 Å². The number of ether oxygens (including phenoxy) is 2. The van der Waals surface area contributed by atoms with Crippen molar-refractivity contribution < 1.29 is 23.5 Å². The lowest BCUT2D eigenvalue weighted by atomic mass is 10.3. The summed E-state index contributed by atoms with van der Waals surface area (Å²) in [7, 11) is 0. The molecule has 6 nitrogen and oxygen atoms in total. The van der Waals surface area contributed by atoms with Crippen LogP contribution in [0.15, 0.2) is 53.1 Å². The first-order valence-corrected chi connectivity index (χ1v) is 7.82. The minimum atomic E-state index is -0.335. The van der Waals surface area contributed by atoms with Crippen molar-refractivity contribution in [2.45, 2.75) is 19.9 Å². The maximum atomic E-state index is 12.4. The maximum absolute atomic E-state index is 12.4. The molecule has 1 amide bonds. The van der Waals surface area contributed by atoms with E-state index in [-0.39, 0.29) is 38.0 Å². The quantitative estimate of drug-likeness (QED) is 0.661. The Morgan fingerprint density at radius 1 is 1.12 bits per heavy atom. The fraction of sp³-hybridized carbons (Fsp3) is 0.333. The van der Waals surface area contributed by atoms with Gasteiger partial charge >= 0.3 is 5.97 Å². The van der Waals surface area contributed by atoms with Gasteiger partial charge in [-0.3, -0.25) is 9.59 Å². The molecule has 0 N–H and O–H groups in total. The molecule has 0 radical (unpaired) electrons. The lowest BCUT2D eigenvalue weighted by Gasteiger charge is -2.21. The van der Waals surface area contributed by atoms with Gasteiger partial charge in [0.2, 0.25) is 0 Å². The van der Waals surface area contributed by atoms with Crippen LogP contribution in [-0.4, -0.2) is 36.5 Å². The third kappa shape index (κ3) is 5.79. The molecule has 0 saturated heterocycles. The molecule has 0 saturated carbocycles. The van der Waals surface area contributed by atoms with Crippen molar-refractivity contribution in [3.8, 4) is 5.75 Å². The van der Waals surface area contributed by atoms with E-state index in [1.165, 1.54) is 4.90 Å². The Bertz CT molecular complexity index is 624. The monoisotopic (exact) mass is 331 g/mol. The molecule has 1 aromatic heterocycles. The fourth-order valence-corrected chi connectivity index (χ4v) is 2.10. The third-order valence-corrected chi connectivity index (χ3v) is 3.28. The number of carbonyl (C=O) groups is 2. The van der Waals surface area contributed by atoms with Crippen molar-refractivity contribution in [2.24, 2.45) is 0 Å². The molecule has 2 rings (SSSR count). The zero-order valence-corrected chi connectivity index (χ0v) is 13.6. The third-order valence-electron chi connectivity index (χ3n) is 3.28. The van der Waals surface area contributed by atoms with E-state index in [1.54, 1.807) is 37.5 Å². The molecule has 128 valence electrons. The molecule has 0 atom stereocenters. The minimum absolute atomic E-state index is 0.104. The number of hydrogen-bond donors (Lipinski definition) is 0. The number of rotatable bonds is 9. The fourth-order valence-electron chi connectivity index (χ4n) is 2.10. The van der Waals surface area contributed by atoms with E-state index in [0.717, 1.165) is 0 Å². The van der Waals surface area contributed by atoms with E-state index in [0.29, 0.717) is 18.1 Å². The number of carbonyl (C=O) groups excluding carboxylic acids is 2. The average Bonchev–Trinajstić information content (AvgIpc) is 3.11. The Morgan fingerprint density at radius 2 is 1.92 bits per heavy atom. The summed E-state index contributed by atoms with van der Waals surface area (Å²) in [6.45, 7) is 2.49. The zero-order chi connectivity index (χ0) is 17.2. The summed E-state index contributed by atoms with van der Waals surface area (Å²) in [5.41, 5.74) is 0. The van der Waals surface area contributed by atoms with Gasteiger partial charge in [-0.25, -0.2) is 0 Å². The first kappa shape index (κ1) is 17.6. The summed E-state index contributed by atoms with van der Waals surface area (Å²) in [6, 6.07) is 12.6. The molecule has 1 aromatic carbocycles. The van der Waals surface area contributed by atoms with Gasteiger partial charge in [0.25, 0.3) is 5.91 Å². The summed E-state index contributed by atoms with van der Waals surface area (Å²) in [4.78, 5) is 25.5. The molecule has 0 aliphatic carbocycles. The Kier molecular flexibility index (Phi) is 6.89. The molecule has 0 bridgehead atoms. The van der Waals surface area contributed by atoms with Gasteiger partial charge in [-0.2, -0.15) is 0 Å². The van der Waals surface area contributed by atoms with Crippen molar-refractivity contribution in [1.82, 2.24) is 4.90 Å². The second-order valence-corrected chi connectivity index (χ2v) is 5.05. The first-order chi connectivity index (χ1) is 11.7. The molecule has 1 heterocycles. The lowest BCUT2D eigenvalue weighted by Crippen LogP contribution is -2.36. The lowest BCUT2D eigenvalue weighted by molar-refractivity contribution is -0.144. The summed E-state index contributed by atoms with van der Waals surface area (Å²) in [5, 5.41) is 0. The van der Waals surface area contributed by atoms with Gasteiger partial charge in [0.05, 0.1) is 25.8 Å². The van der Waals surface area contributed by atoms with Crippen LogP contribution in [0.25, 0.3) is 0 Å². The van der Waals surface area contributed by atoms with Crippen LogP contribution in [0, 0.1) is 0 Å². The van der Waals surface area contributed by atoms with Crippen LogP contribution in [0.1, 0.15) is 19.1 Å². The maximum Gasteiger partial charge on any atom is 0.307 e. The van der Waals surface area contributed by atoms with E-state index in [1.807, 2.05) is 18.2 Å². The van der Waals surface area contributed by atoms with E-state index < -0.39 is 0 Å². The van der Waals surface area contributed by atoms with Gasteiger partial charge in [-0.1, -0.05) is 18.2 Å². The normalized spacial score (nSPS) is 10.2. The summed E-state index contributed by atoms with van der Waals surface area (Å²) >= 11 is 0. The predicted octanol–water partition coefficient (Wildman–Crippen LogP) is 2.64. The molecule has 0 fully saturated rings. The van der Waals surface area contributed by atoms with Crippen LogP contribution in [0.2, 0.25) is 0 Å². The van der Waals surface area contributed by atoms with Crippen LogP contribution in [0.3, 0.4) is 0 Å². The van der Waals surface area contributed by atoms with Crippen molar-refractivity contribution in [1.29, 1.82) is 0 Å². The van der Waals surface area contributed by atoms with Crippen molar-refractivity contribution in [3.05, 3.63) is 54.5 Å². The summed E-state index contributed by atoms with van der Waals surface area (Å²) < 4.78 is 15.7. The van der Waals surface area contributed by atoms with Gasteiger partial charge in [0.1, 0.15) is 11.5 Å².